The van der Waals surface area contributed by atoms with Gasteiger partial charge >= 0.3 is 7.60 Å². The number of hydrogen-bond acceptors (Lipinski definition) is 1. The van der Waals surface area contributed by atoms with Crippen molar-refractivity contribution in [2.24, 2.45) is 0 Å². The molecular weight excluding hydrogens is 493 g/mol. The summed E-state index contributed by atoms with van der Waals surface area (Å²) in [7, 11) is -3.68. The molecule has 0 aliphatic heterocycles. The molecule has 7 heteroatoms. The van der Waals surface area contributed by atoms with Crippen molar-refractivity contribution in [1.82, 2.24) is 4.98 Å². The monoisotopic (exact) mass is 517 g/mol. The van der Waals surface area contributed by atoms with Crippen molar-refractivity contribution in [3.05, 3.63) is 44.3 Å². The van der Waals surface area contributed by atoms with E-state index in [4.69, 9.17) is 9.79 Å². The Bertz CT molecular complexity index is 978. The highest BCUT2D eigenvalue weighted by Crippen LogP contribution is 2.36. The molecule has 0 radical (unpaired) electrons. The third kappa shape index (κ3) is 5.68. The fourth-order valence-corrected chi connectivity index (χ4v) is 5.06. The van der Waals surface area contributed by atoms with Crippen molar-refractivity contribution >= 4 is 61.3 Å². The lowest BCUT2D eigenvalue weighted by Gasteiger charge is -2.10. The minimum absolute atomic E-state index is 0.0312. The average Bonchev–Trinajstić information content (AvgIpc) is 2.96. The van der Waals surface area contributed by atoms with Gasteiger partial charge < -0.3 is 14.8 Å². The summed E-state index contributed by atoms with van der Waals surface area (Å²) in [5, 5.41) is 2.58. The number of halogens is 2. The number of unbranched alkanes of at least 4 members (excludes halogenated alkanes) is 1. The van der Waals surface area contributed by atoms with Gasteiger partial charge in [-0.1, -0.05) is 59.1 Å². The molecule has 0 bridgehead atoms. The number of H-pyrrole nitrogens is 1. The minimum atomic E-state index is -3.68. The van der Waals surface area contributed by atoms with E-state index in [1.165, 1.54) is 37.4 Å². The van der Waals surface area contributed by atoms with Crippen LogP contribution >= 0.6 is 39.5 Å². The number of benzene rings is 2. The molecule has 0 atom stereocenters. The molecule has 27 heavy (non-hydrogen) atoms. The predicted molar refractivity (Wildman–Crippen MR) is 122 cm³/mol. The first-order valence-corrected chi connectivity index (χ1v) is 12.6. The van der Waals surface area contributed by atoms with Crippen LogP contribution in [0.1, 0.15) is 44.7 Å². The van der Waals surface area contributed by atoms with Crippen LogP contribution in [0.3, 0.4) is 0 Å². The first-order valence-electron chi connectivity index (χ1n) is 9.17. The van der Waals surface area contributed by atoms with Crippen LogP contribution in [-0.2, 0) is 17.4 Å². The van der Waals surface area contributed by atoms with Crippen molar-refractivity contribution in [3.63, 3.8) is 0 Å². The summed E-state index contributed by atoms with van der Waals surface area (Å²) in [6.07, 6.45) is 3.59. The highest BCUT2D eigenvalue weighted by molar-refractivity contribution is 9.10. The number of aryl methyl sites for hydroxylation is 1. The molecule has 3 N–H and O–H groups in total. The van der Waals surface area contributed by atoms with Gasteiger partial charge in [-0.25, -0.2) is 0 Å². The lowest BCUT2D eigenvalue weighted by molar-refractivity contribution is 0.371. The number of hydrogen-bond donors (Lipinski definition) is 3. The molecule has 1 heterocycles. The maximum atomic E-state index is 10.1. The van der Waals surface area contributed by atoms with Crippen LogP contribution in [0.25, 0.3) is 21.8 Å². The molecule has 0 saturated heterocycles. The number of aromatic nitrogens is 1. The van der Waals surface area contributed by atoms with Gasteiger partial charge in [0.15, 0.2) is 0 Å². The second kappa shape index (κ2) is 9.71. The number of aromatic amines is 1. The highest BCUT2D eigenvalue weighted by atomic mass is 79.9. The van der Waals surface area contributed by atoms with Crippen molar-refractivity contribution in [2.75, 3.05) is 6.16 Å². The molecule has 148 valence electrons. The molecule has 1 aromatic heterocycles. The molecule has 0 saturated carbocycles. The Morgan fingerprint density at radius 2 is 1.67 bits per heavy atom. The third-order valence-electron chi connectivity index (χ3n) is 4.54. The molecule has 0 amide bonds. The van der Waals surface area contributed by atoms with E-state index in [0.29, 0.717) is 6.42 Å². The smallest absolute Gasteiger partial charge is 0.325 e. The van der Waals surface area contributed by atoms with Gasteiger partial charge in [0.25, 0.3) is 0 Å². The van der Waals surface area contributed by atoms with E-state index >= 15 is 0 Å². The lowest BCUT2D eigenvalue weighted by atomic mass is 9.99. The average molecular weight is 519 g/mol. The topological polar surface area (TPSA) is 73.3 Å². The lowest BCUT2D eigenvalue weighted by Crippen LogP contribution is -1.94. The largest absolute Gasteiger partial charge is 0.354 e. The molecule has 4 nitrogen and oxygen atoms in total. The fraction of sp³-hybridized carbons (Fsp3) is 0.400. The molecule has 0 spiro atoms. The Morgan fingerprint density at radius 1 is 1.00 bits per heavy atom. The van der Waals surface area contributed by atoms with Gasteiger partial charge in [0.1, 0.15) is 0 Å². The Balaban J connectivity index is 0.000000279. The third-order valence-corrected chi connectivity index (χ3v) is 6.64. The quantitative estimate of drug-likeness (QED) is 0.320. The minimum Gasteiger partial charge on any atom is -0.354 e. The zero-order valence-corrected chi connectivity index (χ0v) is 19.9. The van der Waals surface area contributed by atoms with Gasteiger partial charge in [-0.05, 0) is 54.7 Å². The normalized spacial score (nSPS) is 11.7. The van der Waals surface area contributed by atoms with E-state index in [0.717, 1.165) is 23.7 Å². The second-order valence-electron chi connectivity index (χ2n) is 6.50. The van der Waals surface area contributed by atoms with E-state index < -0.39 is 7.60 Å². The van der Waals surface area contributed by atoms with E-state index in [9.17, 15) is 4.57 Å². The van der Waals surface area contributed by atoms with E-state index in [1.807, 2.05) is 6.92 Å². The molecule has 0 unspecified atom stereocenters. The summed E-state index contributed by atoms with van der Waals surface area (Å²) >= 11 is 7.29. The van der Waals surface area contributed by atoms with Gasteiger partial charge in [0.2, 0.25) is 0 Å². The Kier molecular flexibility index (Phi) is 8.14. The van der Waals surface area contributed by atoms with Crippen LogP contribution in [0.2, 0.25) is 0 Å². The first kappa shape index (κ1) is 22.6. The molecule has 3 rings (SSSR count). The second-order valence-corrected chi connectivity index (χ2v) is 10.0. The van der Waals surface area contributed by atoms with E-state index in [2.05, 4.69) is 75.0 Å². The Hall–Kier alpha value is -0.650. The van der Waals surface area contributed by atoms with Crippen LogP contribution < -0.4 is 0 Å². The van der Waals surface area contributed by atoms with Crippen molar-refractivity contribution in [2.45, 2.75) is 46.5 Å². The molecule has 0 aliphatic rings. The van der Waals surface area contributed by atoms with Crippen molar-refractivity contribution in [1.29, 1.82) is 0 Å². The maximum absolute atomic E-state index is 10.1. The Labute approximate surface area is 177 Å². The SMILES string of the molecule is CCCCP(=O)(O)O.CCc1c(Br)cc2c([nH]c3ccc(Br)cc32)c1CC. The standard InChI is InChI=1S/C16H15Br2N.C4H11O3P/c1-3-10-11(4-2)16-13(8-14(10)18)12-7-9(17)5-6-15(12)19-16;1-2-3-4-8(5,6)7/h5-8,19H,3-4H2,1-2H3;2-4H2,1H3,(H2,5,6,7). The maximum Gasteiger partial charge on any atom is 0.325 e. The molecule has 0 aliphatic carbocycles. The van der Waals surface area contributed by atoms with E-state index in [-0.39, 0.29) is 6.16 Å². The predicted octanol–water partition coefficient (Wildman–Crippen LogP) is 6.94. The molecule has 0 fully saturated rings. The van der Waals surface area contributed by atoms with Gasteiger partial charge in [0.05, 0.1) is 5.52 Å². The Morgan fingerprint density at radius 3 is 2.19 bits per heavy atom. The van der Waals surface area contributed by atoms with Crippen molar-refractivity contribution in [3.8, 4) is 0 Å². The van der Waals surface area contributed by atoms with Crippen LogP contribution in [0.15, 0.2) is 33.2 Å². The van der Waals surface area contributed by atoms with Crippen LogP contribution in [0.5, 0.6) is 0 Å². The number of nitrogens with one attached hydrogen (secondary N) is 1. The summed E-state index contributed by atoms with van der Waals surface area (Å²) in [6, 6.07) is 8.65. The van der Waals surface area contributed by atoms with Crippen LogP contribution in [0.4, 0.5) is 0 Å². The van der Waals surface area contributed by atoms with Crippen molar-refractivity contribution < 1.29 is 14.4 Å². The van der Waals surface area contributed by atoms with Crippen LogP contribution in [-0.4, -0.2) is 20.9 Å². The molecule has 3 aromatic rings. The summed E-state index contributed by atoms with van der Waals surface area (Å²) in [4.78, 5) is 20.1. The number of fused-ring (bicyclic) bond motifs is 3. The number of rotatable bonds is 5. The van der Waals surface area contributed by atoms with Gasteiger partial charge in [-0.3, -0.25) is 4.57 Å². The highest BCUT2D eigenvalue weighted by Gasteiger charge is 2.14. The van der Waals surface area contributed by atoms with Gasteiger partial charge in [-0.2, -0.15) is 0 Å². The summed E-state index contributed by atoms with van der Waals surface area (Å²) in [6.45, 7) is 6.34. The fourth-order valence-electron chi connectivity index (χ4n) is 3.22. The summed E-state index contributed by atoms with van der Waals surface area (Å²) in [5.74, 6) is 0. The van der Waals surface area contributed by atoms with E-state index in [1.54, 1.807) is 0 Å². The molecule has 2 aromatic carbocycles. The summed E-state index contributed by atoms with van der Waals surface area (Å²) in [5.41, 5.74) is 5.34. The first-order chi connectivity index (χ1) is 12.7. The van der Waals surface area contributed by atoms with Gasteiger partial charge in [-0.15, -0.1) is 0 Å². The zero-order chi connectivity index (χ0) is 20.2. The molecular formula is C20H26Br2NO3P. The zero-order valence-electron chi connectivity index (χ0n) is 15.9. The van der Waals surface area contributed by atoms with Crippen LogP contribution in [0, 0.1) is 0 Å². The summed E-state index contributed by atoms with van der Waals surface area (Å²) < 4.78 is 12.4. The van der Waals surface area contributed by atoms with Gasteiger partial charge in [0, 0.05) is 31.4 Å².